The fourth-order valence-corrected chi connectivity index (χ4v) is 9.55. The zero-order valence-electron chi connectivity index (χ0n) is 32.1. The summed E-state index contributed by atoms with van der Waals surface area (Å²) >= 11 is 0. The lowest BCUT2D eigenvalue weighted by atomic mass is 9.81. The van der Waals surface area contributed by atoms with Crippen LogP contribution in [0.4, 0.5) is 0 Å². The van der Waals surface area contributed by atoms with Crippen molar-refractivity contribution in [3.8, 4) is 84.4 Å². The molecule has 0 unspecified atom stereocenters. The standard InChI is InChI=1S/C54H36N4/c1-54(2)44-21-12-20-41-43-32-39(27-30-47(43)58-46-22-10-9-19-40(46)42-28-29-45(54)49(48(41)44)50(42)58)53-56-51(36-25-23-35(24-26-36)33-13-5-3-6-14-33)55-52(57-53)38-18-11-17-37(31-38)34-15-7-4-8-16-34/h3-32H,1-2H3. The van der Waals surface area contributed by atoms with Gasteiger partial charge in [-0.05, 0) is 74.8 Å². The molecule has 0 saturated heterocycles. The maximum Gasteiger partial charge on any atom is 0.164 e. The molecule has 0 bridgehead atoms. The van der Waals surface area contributed by atoms with Crippen molar-refractivity contribution in [3.63, 3.8) is 0 Å². The number of benzene rings is 8. The van der Waals surface area contributed by atoms with E-state index < -0.39 is 0 Å². The molecule has 0 N–H and O–H groups in total. The van der Waals surface area contributed by atoms with Crippen LogP contribution in [0.5, 0.6) is 0 Å². The summed E-state index contributed by atoms with van der Waals surface area (Å²) in [5, 5.41) is 2.55. The van der Waals surface area contributed by atoms with Crippen molar-refractivity contribution in [2.75, 3.05) is 0 Å². The molecule has 0 amide bonds. The summed E-state index contributed by atoms with van der Waals surface area (Å²) in [7, 11) is 0. The van der Waals surface area contributed by atoms with Crippen LogP contribution in [0.3, 0.4) is 0 Å². The van der Waals surface area contributed by atoms with Crippen molar-refractivity contribution >= 4 is 21.8 Å². The highest BCUT2D eigenvalue weighted by Crippen LogP contribution is 2.58. The molecule has 0 atom stereocenters. The van der Waals surface area contributed by atoms with Gasteiger partial charge in [0, 0.05) is 44.0 Å². The second kappa shape index (κ2) is 12.3. The molecule has 10 aromatic rings. The van der Waals surface area contributed by atoms with Gasteiger partial charge in [-0.2, -0.15) is 0 Å². The highest BCUT2D eigenvalue weighted by molar-refractivity contribution is 6.18. The van der Waals surface area contributed by atoms with Crippen LogP contribution >= 0.6 is 0 Å². The molecule has 3 heterocycles. The van der Waals surface area contributed by atoms with Gasteiger partial charge in [0.25, 0.3) is 0 Å². The van der Waals surface area contributed by atoms with Gasteiger partial charge in [-0.1, -0.05) is 166 Å². The maximum absolute atomic E-state index is 5.27. The predicted octanol–water partition coefficient (Wildman–Crippen LogP) is 13.6. The summed E-state index contributed by atoms with van der Waals surface area (Å²) in [4.78, 5) is 15.7. The molecular weight excluding hydrogens is 705 g/mol. The predicted molar refractivity (Wildman–Crippen MR) is 238 cm³/mol. The lowest BCUT2D eigenvalue weighted by molar-refractivity contribution is 0.661. The van der Waals surface area contributed by atoms with Crippen LogP contribution in [0.2, 0.25) is 0 Å². The van der Waals surface area contributed by atoms with Gasteiger partial charge in [0.05, 0.1) is 16.7 Å². The fourth-order valence-electron chi connectivity index (χ4n) is 9.55. The third kappa shape index (κ3) is 4.78. The van der Waals surface area contributed by atoms with Gasteiger partial charge in [0.15, 0.2) is 17.5 Å². The molecule has 4 nitrogen and oxygen atoms in total. The topological polar surface area (TPSA) is 43.6 Å². The highest BCUT2D eigenvalue weighted by atomic mass is 15.0. The minimum atomic E-state index is -0.131. The summed E-state index contributed by atoms with van der Waals surface area (Å²) in [6.45, 7) is 4.73. The minimum Gasteiger partial charge on any atom is -0.308 e. The number of hydrogen-bond acceptors (Lipinski definition) is 3. The molecule has 1 aliphatic carbocycles. The van der Waals surface area contributed by atoms with Gasteiger partial charge >= 0.3 is 0 Å². The van der Waals surface area contributed by atoms with E-state index in [9.17, 15) is 0 Å². The molecule has 2 aliphatic rings. The van der Waals surface area contributed by atoms with E-state index >= 15 is 0 Å². The number of nitrogens with zero attached hydrogens (tertiary/aromatic N) is 4. The first-order valence-corrected chi connectivity index (χ1v) is 19.9. The van der Waals surface area contributed by atoms with Crippen molar-refractivity contribution in [3.05, 3.63) is 193 Å². The Bertz CT molecular complexity index is 3290. The van der Waals surface area contributed by atoms with Gasteiger partial charge in [-0.25, -0.2) is 15.0 Å². The highest BCUT2D eigenvalue weighted by Gasteiger charge is 2.41. The van der Waals surface area contributed by atoms with Crippen LogP contribution in [0.25, 0.3) is 106 Å². The van der Waals surface area contributed by atoms with E-state index in [2.05, 4.69) is 188 Å². The van der Waals surface area contributed by atoms with E-state index in [0.717, 1.165) is 39.1 Å². The molecule has 0 fully saturated rings. The van der Waals surface area contributed by atoms with E-state index in [4.69, 9.17) is 15.0 Å². The van der Waals surface area contributed by atoms with E-state index in [1.54, 1.807) is 0 Å². The fraction of sp³-hybridized carbons (Fsp3) is 0.0556. The summed E-state index contributed by atoms with van der Waals surface area (Å²) in [6.07, 6.45) is 0. The van der Waals surface area contributed by atoms with Gasteiger partial charge in [-0.15, -0.1) is 0 Å². The SMILES string of the molecule is CC1(C)c2cccc3c2-c2c1ccc1c4ccccc4n(c21)-c1ccc(-c2nc(-c4ccc(-c5ccccc5)cc4)nc(-c4cccc(-c5ccccc5)c4)n2)cc1-3. The molecule has 1 aliphatic heterocycles. The van der Waals surface area contributed by atoms with E-state index in [1.165, 1.54) is 60.8 Å². The second-order valence-corrected chi connectivity index (χ2v) is 16.0. The van der Waals surface area contributed by atoms with Gasteiger partial charge < -0.3 is 4.57 Å². The minimum absolute atomic E-state index is 0.131. The monoisotopic (exact) mass is 740 g/mol. The molecular formula is C54H36N4. The molecule has 8 aromatic carbocycles. The first kappa shape index (κ1) is 32.8. The second-order valence-electron chi connectivity index (χ2n) is 16.0. The molecule has 2 aromatic heterocycles. The molecule has 0 radical (unpaired) electrons. The van der Waals surface area contributed by atoms with Crippen molar-refractivity contribution in [1.82, 2.24) is 19.5 Å². The Morgan fingerprint density at radius 3 is 1.69 bits per heavy atom. The zero-order valence-corrected chi connectivity index (χ0v) is 32.1. The third-order valence-corrected chi connectivity index (χ3v) is 12.4. The number of para-hydroxylation sites is 1. The lowest BCUT2D eigenvalue weighted by Gasteiger charge is -2.23. The molecule has 4 heteroatoms. The van der Waals surface area contributed by atoms with Crippen LogP contribution in [-0.4, -0.2) is 19.5 Å². The van der Waals surface area contributed by atoms with Crippen molar-refractivity contribution in [2.45, 2.75) is 19.3 Å². The van der Waals surface area contributed by atoms with Crippen LogP contribution in [-0.2, 0) is 5.41 Å². The average Bonchev–Trinajstić information content (AvgIpc) is 3.70. The Morgan fingerprint density at radius 1 is 0.379 bits per heavy atom. The Labute approximate surface area is 336 Å². The largest absolute Gasteiger partial charge is 0.308 e. The molecule has 12 rings (SSSR count). The van der Waals surface area contributed by atoms with Gasteiger partial charge in [-0.3, -0.25) is 0 Å². The quantitative estimate of drug-likeness (QED) is 0.176. The van der Waals surface area contributed by atoms with Gasteiger partial charge in [0.1, 0.15) is 0 Å². The van der Waals surface area contributed by atoms with E-state index in [1.807, 2.05) is 12.1 Å². The molecule has 0 spiro atoms. The number of aromatic nitrogens is 4. The first-order valence-electron chi connectivity index (χ1n) is 19.9. The van der Waals surface area contributed by atoms with Crippen LogP contribution < -0.4 is 0 Å². The Kier molecular flexibility index (Phi) is 6.94. The lowest BCUT2D eigenvalue weighted by Crippen LogP contribution is -2.15. The third-order valence-electron chi connectivity index (χ3n) is 12.4. The average molecular weight is 741 g/mol. The number of hydrogen-bond donors (Lipinski definition) is 0. The Balaban J connectivity index is 1.09. The number of fused-ring (bicyclic) bond motifs is 6. The number of rotatable bonds is 5. The van der Waals surface area contributed by atoms with Crippen LogP contribution in [0, 0.1) is 0 Å². The van der Waals surface area contributed by atoms with Crippen molar-refractivity contribution < 1.29 is 0 Å². The molecule has 58 heavy (non-hydrogen) atoms. The van der Waals surface area contributed by atoms with E-state index in [-0.39, 0.29) is 5.41 Å². The first-order chi connectivity index (χ1) is 28.5. The smallest absolute Gasteiger partial charge is 0.164 e. The summed E-state index contributed by atoms with van der Waals surface area (Å²) in [5.41, 5.74) is 18.8. The summed E-state index contributed by atoms with van der Waals surface area (Å²) in [6, 6.07) is 65.1. The molecule has 272 valence electrons. The van der Waals surface area contributed by atoms with Gasteiger partial charge in [0.2, 0.25) is 0 Å². The van der Waals surface area contributed by atoms with E-state index in [0.29, 0.717) is 17.5 Å². The van der Waals surface area contributed by atoms with Crippen LogP contribution in [0.1, 0.15) is 25.0 Å². The Hall–Kier alpha value is -7.43. The zero-order chi connectivity index (χ0) is 38.5. The summed E-state index contributed by atoms with van der Waals surface area (Å²) < 4.78 is 2.50. The normalized spacial score (nSPS) is 13.1. The maximum atomic E-state index is 5.27. The van der Waals surface area contributed by atoms with Crippen LogP contribution in [0.15, 0.2) is 182 Å². The summed E-state index contributed by atoms with van der Waals surface area (Å²) in [5.74, 6) is 1.91. The van der Waals surface area contributed by atoms with Crippen molar-refractivity contribution in [2.24, 2.45) is 0 Å². The van der Waals surface area contributed by atoms with Crippen molar-refractivity contribution in [1.29, 1.82) is 0 Å². The Morgan fingerprint density at radius 2 is 0.931 bits per heavy atom. The molecule has 0 saturated carbocycles.